The van der Waals surface area contributed by atoms with E-state index in [1.54, 1.807) is 36.0 Å². The van der Waals surface area contributed by atoms with E-state index in [0.717, 1.165) is 27.5 Å². The van der Waals surface area contributed by atoms with Crippen molar-refractivity contribution in [1.29, 1.82) is 0 Å². The first-order valence-corrected chi connectivity index (χ1v) is 9.91. The molecule has 0 saturated heterocycles. The Morgan fingerprint density at radius 3 is 2.52 bits per heavy atom. The molecule has 0 N–H and O–H groups in total. The number of hydrogen-bond donors (Lipinski definition) is 0. The van der Waals surface area contributed by atoms with Gasteiger partial charge in [0.25, 0.3) is 5.56 Å². The summed E-state index contributed by atoms with van der Waals surface area (Å²) >= 11 is 12.4. The third kappa shape index (κ3) is 3.30. The minimum atomic E-state index is -0.120. The maximum atomic E-state index is 13.1. The summed E-state index contributed by atoms with van der Waals surface area (Å²) < 4.78 is 3.67. The van der Waals surface area contributed by atoms with Crippen molar-refractivity contribution in [2.45, 2.75) is 6.92 Å². The molecular weight excluding hydrogens is 409 g/mol. The molecule has 148 valence electrons. The van der Waals surface area contributed by atoms with Gasteiger partial charge in [0, 0.05) is 41.0 Å². The van der Waals surface area contributed by atoms with Crippen molar-refractivity contribution in [2.24, 2.45) is 19.3 Å². The normalized spacial score (nSPS) is 11.8. The van der Waals surface area contributed by atoms with E-state index in [1.807, 2.05) is 42.8 Å². The lowest BCUT2D eigenvalue weighted by molar-refractivity contribution is 0.160. The first-order chi connectivity index (χ1) is 13.9. The largest absolute Gasteiger partial charge is 0.396 e. The summed E-state index contributed by atoms with van der Waals surface area (Å²) in [4.78, 5) is 18.2. The molecule has 0 aliphatic carbocycles. The van der Waals surface area contributed by atoms with Crippen molar-refractivity contribution in [3.63, 3.8) is 0 Å². The molecule has 4 aromatic rings. The second-order valence-electron chi connectivity index (χ2n) is 6.77. The number of aromatic nitrogens is 2. The molecule has 29 heavy (non-hydrogen) atoms. The van der Waals surface area contributed by atoms with Gasteiger partial charge in [-0.1, -0.05) is 40.5 Å². The Hall–Kier alpha value is -2.76. The summed E-state index contributed by atoms with van der Waals surface area (Å²) in [7, 11) is 3.72. The van der Waals surface area contributed by atoms with E-state index < -0.39 is 0 Å². The topological polar surface area (TPSA) is 48.5 Å². The highest BCUT2D eigenvalue weighted by atomic mass is 35.5. The van der Waals surface area contributed by atoms with Gasteiger partial charge in [0.2, 0.25) is 0 Å². The number of hydrogen-bond acceptors (Lipinski definition) is 3. The van der Waals surface area contributed by atoms with Crippen LogP contribution in [0.5, 0.6) is 0 Å². The molecule has 0 saturated carbocycles. The number of halogens is 2. The smallest absolute Gasteiger partial charge is 0.259 e. The third-order valence-electron chi connectivity index (χ3n) is 5.00. The number of oxime groups is 1. The van der Waals surface area contributed by atoms with Crippen LogP contribution in [0.4, 0.5) is 0 Å². The Bertz CT molecular complexity index is 1340. The highest BCUT2D eigenvalue weighted by molar-refractivity contribution is 6.36. The molecular formula is C22H19Cl2N3O2. The number of benzene rings is 2. The molecule has 0 fully saturated rings. The van der Waals surface area contributed by atoms with Crippen molar-refractivity contribution >= 4 is 51.4 Å². The fourth-order valence-corrected chi connectivity index (χ4v) is 4.17. The van der Waals surface area contributed by atoms with Gasteiger partial charge in [-0.2, -0.15) is 0 Å². The fourth-order valence-electron chi connectivity index (χ4n) is 3.66. The Morgan fingerprint density at radius 2 is 1.79 bits per heavy atom. The summed E-state index contributed by atoms with van der Waals surface area (Å²) in [5.74, 6) is 0. The lowest BCUT2D eigenvalue weighted by Gasteiger charge is -2.09. The van der Waals surface area contributed by atoms with Crippen LogP contribution in [0.3, 0.4) is 0 Å². The predicted octanol–water partition coefficient (Wildman–Crippen LogP) is 5.37. The van der Waals surface area contributed by atoms with Crippen LogP contribution in [-0.2, 0) is 18.9 Å². The van der Waals surface area contributed by atoms with Gasteiger partial charge in [0.1, 0.15) is 12.3 Å². The van der Waals surface area contributed by atoms with Crippen LogP contribution < -0.4 is 5.56 Å². The van der Waals surface area contributed by atoms with E-state index in [4.69, 9.17) is 28.0 Å². The highest BCUT2D eigenvalue weighted by Crippen LogP contribution is 2.33. The van der Waals surface area contributed by atoms with Crippen LogP contribution >= 0.6 is 23.2 Å². The Labute approximate surface area is 177 Å². The number of pyridine rings is 1. The van der Waals surface area contributed by atoms with Gasteiger partial charge < -0.3 is 9.40 Å². The minimum Gasteiger partial charge on any atom is -0.396 e. The second-order valence-corrected chi connectivity index (χ2v) is 7.62. The first kappa shape index (κ1) is 19.6. The van der Waals surface area contributed by atoms with E-state index in [2.05, 4.69) is 5.16 Å². The van der Waals surface area contributed by atoms with E-state index in [1.165, 1.54) is 0 Å². The number of rotatable bonds is 4. The Morgan fingerprint density at radius 1 is 1.00 bits per heavy atom. The van der Waals surface area contributed by atoms with E-state index in [9.17, 15) is 4.79 Å². The van der Waals surface area contributed by atoms with E-state index >= 15 is 0 Å². The summed E-state index contributed by atoms with van der Waals surface area (Å²) in [6, 6.07) is 13.1. The molecule has 0 amide bonds. The Kier molecular flexibility index (Phi) is 5.11. The summed E-state index contributed by atoms with van der Waals surface area (Å²) in [5.41, 5.74) is 3.83. The highest BCUT2D eigenvalue weighted by Gasteiger charge is 2.17. The van der Waals surface area contributed by atoms with Crippen LogP contribution in [0, 0.1) is 0 Å². The van der Waals surface area contributed by atoms with Gasteiger partial charge in [0.15, 0.2) is 0 Å². The van der Waals surface area contributed by atoms with Crippen molar-refractivity contribution < 1.29 is 4.84 Å². The lowest BCUT2D eigenvalue weighted by Crippen LogP contribution is -2.20. The van der Waals surface area contributed by atoms with Crippen molar-refractivity contribution in [3.8, 4) is 11.1 Å². The van der Waals surface area contributed by atoms with Gasteiger partial charge in [-0.15, -0.1) is 0 Å². The zero-order valence-electron chi connectivity index (χ0n) is 16.2. The summed E-state index contributed by atoms with van der Waals surface area (Å²) in [5, 5.41) is 6.90. The van der Waals surface area contributed by atoms with Gasteiger partial charge >= 0.3 is 0 Å². The van der Waals surface area contributed by atoms with Crippen LogP contribution in [0.1, 0.15) is 12.5 Å². The molecule has 0 spiro atoms. The number of aryl methyl sites for hydroxylation is 2. The molecule has 2 heterocycles. The Balaban J connectivity index is 2.03. The molecule has 0 bridgehead atoms. The molecule has 0 aliphatic heterocycles. The molecule has 5 nitrogen and oxygen atoms in total. The fraction of sp³-hybridized carbons (Fsp3) is 0.182. The van der Waals surface area contributed by atoms with E-state index in [0.29, 0.717) is 27.8 Å². The van der Waals surface area contributed by atoms with Crippen LogP contribution in [0.2, 0.25) is 10.0 Å². The minimum absolute atomic E-state index is 0.120. The van der Waals surface area contributed by atoms with E-state index in [-0.39, 0.29) is 5.56 Å². The van der Waals surface area contributed by atoms with Crippen LogP contribution in [0.15, 0.2) is 52.4 Å². The van der Waals surface area contributed by atoms with Crippen molar-refractivity contribution in [2.75, 3.05) is 6.61 Å². The van der Waals surface area contributed by atoms with Gasteiger partial charge in [-0.25, -0.2) is 0 Å². The van der Waals surface area contributed by atoms with Gasteiger partial charge in [0.05, 0.1) is 16.8 Å². The molecule has 2 aromatic heterocycles. The monoisotopic (exact) mass is 427 g/mol. The zero-order chi connectivity index (χ0) is 20.7. The molecule has 2 aromatic carbocycles. The summed E-state index contributed by atoms with van der Waals surface area (Å²) in [6.07, 6.45) is 1.68. The predicted molar refractivity (Wildman–Crippen MR) is 120 cm³/mol. The molecule has 0 atom stereocenters. The van der Waals surface area contributed by atoms with Gasteiger partial charge in [-0.05, 0) is 42.8 Å². The maximum absolute atomic E-state index is 13.1. The molecule has 0 aliphatic rings. The first-order valence-electron chi connectivity index (χ1n) is 9.15. The maximum Gasteiger partial charge on any atom is 0.259 e. The molecule has 4 rings (SSSR count). The SMILES string of the molecule is CCO/N=C/c1ccc2c(c1)c1cc(-c3ccc(Cl)cc3Cl)c(=O)n(C)c1n2C. The molecule has 0 unspecified atom stereocenters. The standard InChI is InChI=1S/C22H19Cl2N3O2/c1-4-29-25-12-13-5-8-20-16(9-13)17-11-18(15-7-6-14(23)10-19(15)24)22(28)27(3)21(17)26(20)2/h5-12H,4H2,1-3H3/b25-12+. The molecule has 0 radical (unpaired) electrons. The van der Waals surface area contributed by atoms with Crippen molar-refractivity contribution in [1.82, 2.24) is 9.13 Å². The van der Waals surface area contributed by atoms with Crippen LogP contribution in [0.25, 0.3) is 33.1 Å². The summed E-state index contributed by atoms with van der Waals surface area (Å²) in [6.45, 7) is 2.40. The lowest BCUT2D eigenvalue weighted by atomic mass is 10.0. The number of nitrogens with zero attached hydrogens (tertiary/aromatic N) is 3. The van der Waals surface area contributed by atoms with Gasteiger partial charge in [-0.3, -0.25) is 9.36 Å². The quantitative estimate of drug-likeness (QED) is 0.324. The molecule has 7 heteroatoms. The third-order valence-corrected chi connectivity index (χ3v) is 5.55. The second kappa shape index (κ2) is 7.58. The average molecular weight is 428 g/mol. The van der Waals surface area contributed by atoms with Crippen molar-refractivity contribution in [3.05, 3.63) is 68.4 Å². The number of fused-ring (bicyclic) bond motifs is 3. The zero-order valence-corrected chi connectivity index (χ0v) is 17.8. The van der Waals surface area contributed by atoms with Crippen LogP contribution in [-0.4, -0.2) is 22.0 Å². The average Bonchev–Trinajstić information content (AvgIpc) is 2.97.